The van der Waals surface area contributed by atoms with Crippen LogP contribution in [-0.4, -0.2) is 22.7 Å². The summed E-state index contributed by atoms with van der Waals surface area (Å²) in [6.07, 6.45) is -1.78. The molecule has 4 aliphatic rings. The molecule has 0 saturated heterocycles. The monoisotopic (exact) mass is 288 g/mol. The predicted octanol–water partition coefficient (Wildman–Crippen LogP) is 2.80. The molecule has 8 atom stereocenters. The van der Waals surface area contributed by atoms with Crippen molar-refractivity contribution in [3.8, 4) is 0 Å². The van der Waals surface area contributed by atoms with Crippen LogP contribution in [0.4, 0.5) is 13.2 Å². The number of ketones is 1. The fourth-order valence-corrected chi connectivity index (χ4v) is 6.19. The van der Waals surface area contributed by atoms with Crippen LogP contribution < -0.4 is 0 Å². The number of Topliss-reactive ketones (excluding diaryl/α,β-unsaturated/α-hetero) is 1. The molecule has 0 heterocycles. The molecule has 5 heteroatoms. The van der Waals surface area contributed by atoms with E-state index in [0.717, 1.165) is 19.8 Å². The molecule has 0 aromatic heterocycles. The molecule has 1 N–H and O–H groups in total. The Morgan fingerprint density at radius 1 is 1.10 bits per heavy atom. The molecule has 0 aromatic rings. The van der Waals surface area contributed by atoms with Crippen LogP contribution in [0.3, 0.4) is 0 Å². The second-order valence-corrected chi connectivity index (χ2v) is 7.57. The zero-order valence-corrected chi connectivity index (χ0v) is 11.4. The third-order valence-electron chi connectivity index (χ3n) is 6.87. The third-order valence-corrected chi connectivity index (χ3v) is 6.87. The number of aliphatic hydroxyl groups is 1. The predicted molar refractivity (Wildman–Crippen MR) is 64.6 cm³/mol. The smallest absolute Gasteiger partial charge is 0.380 e. The minimum absolute atomic E-state index is 0.00756. The van der Waals surface area contributed by atoms with E-state index in [1.807, 2.05) is 0 Å². The topological polar surface area (TPSA) is 37.3 Å². The number of carbonyl (C=O) groups is 1. The fraction of sp³-hybridized carbons (Fsp3) is 0.933. The maximum absolute atomic E-state index is 13.1. The largest absolute Gasteiger partial charge is 0.417 e. The molecular weight excluding hydrogens is 269 g/mol. The molecule has 4 aliphatic carbocycles. The van der Waals surface area contributed by atoms with Gasteiger partial charge in [0.1, 0.15) is 5.78 Å². The molecule has 0 radical (unpaired) electrons. The van der Waals surface area contributed by atoms with E-state index in [-0.39, 0.29) is 23.5 Å². The van der Waals surface area contributed by atoms with E-state index in [1.54, 1.807) is 0 Å². The van der Waals surface area contributed by atoms with Crippen LogP contribution in [0.1, 0.15) is 32.6 Å². The third kappa shape index (κ3) is 1.38. The van der Waals surface area contributed by atoms with Crippen molar-refractivity contribution in [2.75, 3.05) is 0 Å². The van der Waals surface area contributed by atoms with Crippen LogP contribution in [0.5, 0.6) is 0 Å². The van der Waals surface area contributed by atoms with Crippen molar-refractivity contribution < 1.29 is 23.1 Å². The summed E-state index contributed by atoms with van der Waals surface area (Å²) >= 11 is 0. The standard InChI is InChI=1S/C15H19F3O2/c1-14(20,15(16,17)18)10-4-6-2-8(10)13-9-3-7(12(6)13)5-11(9)19/h6-10,12-13,20H,2-5H2,1H3. The highest BCUT2D eigenvalue weighted by atomic mass is 19.4. The van der Waals surface area contributed by atoms with E-state index in [1.165, 1.54) is 0 Å². The fourth-order valence-electron chi connectivity index (χ4n) is 6.19. The minimum atomic E-state index is -4.58. The lowest BCUT2D eigenvalue weighted by atomic mass is 9.63. The number of hydrogen-bond acceptors (Lipinski definition) is 2. The van der Waals surface area contributed by atoms with Crippen molar-refractivity contribution in [2.24, 2.45) is 41.4 Å². The van der Waals surface area contributed by atoms with Crippen LogP contribution in [0.25, 0.3) is 0 Å². The molecule has 0 spiro atoms. The first-order valence-corrected chi connectivity index (χ1v) is 7.53. The summed E-state index contributed by atoms with van der Waals surface area (Å²) in [5.74, 6) is 0.723. The second-order valence-electron chi connectivity index (χ2n) is 7.57. The van der Waals surface area contributed by atoms with Gasteiger partial charge in [0.2, 0.25) is 0 Å². The van der Waals surface area contributed by atoms with Crippen molar-refractivity contribution in [2.45, 2.75) is 44.4 Å². The van der Waals surface area contributed by atoms with E-state index in [4.69, 9.17) is 0 Å². The van der Waals surface area contributed by atoms with Crippen molar-refractivity contribution in [1.29, 1.82) is 0 Å². The Labute approximate surface area is 115 Å². The minimum Gasteiger partial charge on any atom is -0.380 e. The van der Waals surface area contributed by atoms with Gasteiger partial charge in [0.15, 0.2) is 5.60 Å². The second kappa shape index (κ2) is 3.60. The van der Waals surface area contributed by atoms with E-state index in [0.29, 0.717) is 30.6 Å². The van der Waals surface area contributed by atoms with Gasteiger partial charge in [-0.3, -0.25) is 4.79 Å². The molecule has 0 aromatic carbocycles. The molecule has 112 valence electrons. The Bertz CT molecular complexity index is 470. The van der Waals surface area contributed by atoms with Crippen molar-refractivity contribution in [3.05, 3.63) is 0 Å². The van der Waals surface area contributed by atoms with Gasteiger partial charge in [-0.05, 0) is 61.7 Å². The Kier molecular flexibility index (Phi) is 2.36. The molecule has 20 heavy (non-hydrogen) atoms. The van der Waals surface area contributed by atoms with Crippen LogP contribution in [0, 0.1) is 41.4 Å². The summed E-state index contributed by atoms with van der Waals surface area (Å²) in [7, 11) is 0. The maximum atomic E-state index is 13.1. The summed E-state index contributed by atoms with van der Waals surface area (Å²) in [5.41, 5.74) is -2.61. The van der Waals surface area contributed by atoms with Crippen molar-refractivity contribution in [3.63, 3.8) is 0 Å². The van der Waals surface area contributed by atoms with E-state index in [9.17, 15) is 23.1 Å². The SMILES string of the molecule is CC(O)(C1CC2CC1C1C3CC(CC3=O)C21)C(F)(F)F. The lowest BCUT2D eigenvalue weighted by Crippen LogP contribution is -2.53. The van der Waals surface area contributed by atoms with Gasteiger partial charge in [-0.2, -0.15) is 13.2 Å². The highest BCUT2D eigenvalue weighted by molar-refractivity contribution is 5.85. The van der Waals surface area contributed by atoms with Crippen LogP contribution in [-0.2, 0) is 4.79 Å². The first kappa shape index (κ1) is 13.1. The van der Waals surface area contributed by atoms with Gasteiger partial charge >= 0.3 is 6.18 Å². The number of rotatable bonds is 1. The van der Waals surface area contributed by atoms with Gasteiger partial charge in [0.25, 0.3) is 0 Å². The molecule has 8 unspecified atom stereocenters. The lowest BCUT2D eigenvalue weighted by Gasteiger charge is -2.44. The Morgan fingerprint density at radius 3 is 2.45 bits per heavy atom. The van der Waals surface area contributed by atoms with Gasteiger partial charge < -0.3 is 5.11 Å². The van der Waals surface area contributed by atoms with E-state index < -0.39 is 17.7 Å². The first-order valence-electron chi connectivity index (χ1n) is 7.53. The normalized spacial score (nSPS) is 52.5. The number of hydrogen-bond donors (Lipinski definition) is 1. The molecule has 4 saturated carbocycles. The molecular formula is C15H19F3O2. The van der Waals surface area contributed by atoms with Gasteiger partial charge in [-0.1, -0.05) is 0 Å². The van der Waals surface area contributed by atoms with Crippen molar-refractivity contribution in [1.82, 2.24) is 0 Å². The van der Waals surface area contributed by atoms with Gasteiger partial charge in [-0.15, -0.1) is 0 Å². The zero-order valence-electron chi connectivity index (χ0n) is 11.4. The summed E-state index contributed by atoms with van der Waals surface area (Å²) in [6, 6.07) is 0. The Hall–Kier alpha value is -0.580. The van der Waals surface area contributed by atoms with Gasteiger partial charge in [0.05, 0.1) is 0 Å². The molecule has 4 fully saturated rings. The average molecular weight is 288 g/mol. The molecule has 0 amide bonds. The average Bonchev–Trinajstić information content (AvgIpc) is 3.02. The summed E-state index contributed by atoms with van der Waals surface area (Å²) < 4.78 is 39.3. The number of fused-ring (bicyclic) bond motifs is 9. The highest BCUT2D eigenvalue weighted by Gasteiger charge is 2.69. The molecule has 0 aliphatic heterocycles. The Balaban J connectivity index is 1.65. The van der Waals surface area contributed by atoms with Gasteiger partial charge in [0, 0.05) is 12.3 Å². The Morgan fingerprint density at radius 2 is 1.80 bits per heavy atom. The van der Waals surface area contributed by atoms with Crippen LogP contribution >= 0.6 is 0 Å². The molecule has 4 bridgehead atoms. The summed E-state index contributed by atoms with van der Waals surface area (Å²) in [4.78, 5) is 11.9. The summed E-state index contributed by atoms with van der Waals surface area (Å²) in [5, 5.41) is 10.0. The first-order chi connectivity index (χ1) is 9.22. The maximum Gasteiger partial charge on any atom is 0.417 e. The van der Waals surface area contributed by atoms with Crippen molar-refractivity contribution >= 4 is 5.78 Å². The van der Waals surface area contributed by atoms with E-state index >= 15 is 0 Å². The zero-order chi connectivity index (χ0) is 14.4. The van der Waals surface area contributed by atoms with Crippen LogP contribution in [0.15, 0.2) is 0 Å². The van der Waals surface area contributed by atoms with E-state index in [2.05, 4.69) is 0 Å². The number of carbonyl (C=O) groups excluding carboxylic acids is 1. The molecule has 2 nitrogen and oxygen atoms in total. The molecule has 4 rings (SSSR count). The quantitative estimate of drug-likeness (QED) is 0.753. The van der Waals surface area contributed by atoms with Crippen LogP contribution in [0.2, 0.25) is 0 Å². The number of alkyl halides is 3. The highest BCUT2D eigenvalue weighted by Crippen LogP contribution is 2.69. The lowest BCUT2D eigenvalue weighted by molar-refractivity contribution is -0.280. The number of halogens is 3. The summed E-state index contributed by atoms with van der Waals surface area (Å²) in [6.45, 7) is 0.919. The van der Waals surface area contributed by atoms with Gasteiger partial charge in [-0.25, -0.2) is 0 Å².